The predicted molar refractivity (Wildman–Crippen MR) is 256 cm³/mol. The molecule has 0 aliphatic heterocycles. The van der Waals surface area contributed by atoms with E-state index in [0.717, 1.165) is 44.9 Å². The molecule has 0 aliphatic carbocycles. The van der Waals surface area contributed by atoms with E-state index in [1.165, 1.54) is 51.4 Å². The number of phosphoric acid groups is 1. The molecule has 364 valence electrons. The van der Waals surface area contributed by atoms with Crippen LogP contribution in [0.1, 0.15) is 155 Å². The Hall–Kier alpha value is -3.68. The van der Waals surface area contributed by atoms with Crippen LogP contribution in [0.25, 0.3) is 0 Å². The van der Waals surface area contributed by atoms with Crippen LogP contribution in [-0.4, -0.2) is 82.3 Å². The molecule has 5 atom stereocenters. The van der Waals surface area contributed by atoms with Gasteiger partial charge in [0.15, 0.2) is 6.10 Å². The number of carbonyl (C=O) groups is 3. The molecule has 0 rings (SSSR count). The molecule has 6 N–H and O–H groups in total. The maximum atomic E-state index is 12.6. The summed E-state index contributed by atoms with van der Waals surface area (Å²) in [6.45, 7) is 2.40. The molecule has 0 aromatic heterocycles. The van der Waals surface area contributed by atoms with Gasteiger partial charge < -0.3 is 35.4 Å². The van der Waals surface area contributed by atoms with E-state index in [4.69, 9.17) is 24.8 Å². The van der Waals surface area contributed by atoms with Gasteiger partial charge in [0, 0.05) is 12.8 Å². The Morgan fingerprint density at radius 3 is 1.64 bits per heavy atom. The largest absolute Gasteiger partial charge is 0.480 e. The first-order valence-corrected chi connectivity index (χ1v) is 25.0. The maximum absolute atomic E-state index is 12.6. The highest BCUT2D eigenvalue weighted by Crippen LogP contribution is 2.43. The number of carboxylic acid groups (broad SMARTS) is 1. The summed E-state index contributed by atoms with van der Waals surface area (Å²) in [4.78, 5) is 46.1. The third-order valence-corrected chi connectivity index (χ3v) is 10.4. The number of aliphatic carboxylic acids is 1. The lowest BCUT2D eigenvalue weighted by Crippen LogP contribution is -2.34. The minimum atomic E-state index is -4.78. The maximum Gasteiger partial charge on any atom is 0.472 e. The molecule has 0 spiro atoms. The van der Waals surface area contributed by atoms with Gasteiger partial charge in [-0.2, -0.15) is 0 Å². The highest BCUT2D eigenvalue weighted by atomic mass is 31.2. The van der Waals surface area contributed by atoms with Crippen molar-refractivity contribution in [1.82, 2.24) is 0 Å². The number of ether oxygens (including phenoxy) is 2. The van der Waals surface area contributed by atoms with Crippen LogP contribution >= 0.6 is 7.82 Å². The number of hydrogen-bond donors (Lipinski definition) is 5. The van der Waals surface area contributed by atoms with Crippen LogP contribution in [0.5, 0.6) is 0 Å². The Morgan fingerprint density at radius 2 is 1.08 bits per heavy atom. The van der Waals surface area contributed by atoms with Crippen LogP contribution < -0.4 is 5.73 Å². The van der Waals surface area contributed by atoms with Gasteiger partial charge in [0.2, 0.25) is 0 Å². The average Bonchev–Trinajstić information content (AvgIpc) is 3.26. The second-order valence-corrected chi connectivity index (χ2v) is 17.0. The van der Waals surface area contributed by atoms with E-state index in [1.54, 1.807) is 42.5 Å². The van der Waals surface area contributed by atoms with E-state index in [9.17, 15) is 34.1 Å². The SMILES string of the molecule is CC/C=C\C[C@H](O)/C=C/C=C\C=C\[C@H](O)C/C=C\C/C=C\CCC(=O)O[C@H](COC(=O)CCCCCCCCCCC/C=C\C/C=C\CCCCC)COP(=O)(O)OC[C@H](N)C(=O)O. The first-order chi connectivity index (χ1) is 30.9. The minimum Gasteiger partial charge on any atom is -0.480 e. The number of aliphatic hydroxyl groups is 2. The van der Waals surface area contributed by atoms with Crippen LogP contribution in [0, 0.1) is 0 Å². The van der Waals surface area contributed by atoms with Crippen LogP contribution in [0.3, 0.4) is 0 Å². The van der Waals surface area contributed by atoms with Gasteiger partial charge in [-0.1, -0.05) is 169 Å². The smallest absolute Gasteiger partial charge is 0.472 e. The molecular formula is C50H82NO12P. The van der Waals surface area contributed by atoms with Gasteiger partial charge in [0.05, 0.1) is 25.4 Å². The van der Waals surface area contributed by atoms with Crippen LogP contribution in [0.4, 0.5) is 0 Å². The summed E-state index contributed by atoms with van der Waals surface area (Å²) in [6, 6.07) is -1.56. The molecular weight excluding hydrogens is 838 g/mol. The van der Waals surface area contributed by atoms with Crippen molar-refractivity contribution in [3.05, 3.63) is 97.2 Å². The molecule has 0 radical (unpaired) electrons. The molecule has 0 saturated heterocycles. The normalized spacial score (nSPS) is 15.5. The fraction of sp³-hybridized carbons (Fsp3) is 0.620. The molecule has 0 aromatic carbocycles. The van der Waals surface area contributed by atoms with Gasteiger partial charge in [0.25, 0.3) is 0 Å². The van der Waals surface area contributed by atoms with Crippen LogP contribution in [0.2, 0.25) is 0 Å². The lowest BCUT2D eigenvalue weighted by atomic mass is 10.1. The number of esters is 2. The summed E-state index contributed by atoms with van der Waals surface area (Å²) >= 11 is 0. The molecule has 0 fully saturated rings. The lowest BCUT2D eigenvalue weighted by Gasteiger charge is -2.20. The van der Waals surface area contributed by atoms with E-state index in [1.807, 2.05) is 37.3 Å². The summed E-state index contributed by atoms with van der Waals surface area (Å²) in [5.74, 6) is -2.59. The topological polar surface area (TPSA) is 212 Å². The molecule has 0 aromatic rings. The Bertz CT molecular complexity index is 1480. The second kappa shape index (κ2) is 43.2. The van der Waals surface area contributed by atoms with Crippen molar-refractivity contribution < 1.29 is 57.7 Å². The number of rotatable bonds is 42. The number of unbranched alkanes of at least 4 members (excludes halogenated alkanes) is 12. The quantitative estimate of drug-likeness (QED) is 0.0127. The molecule has 0 amide bonds. The summed E-state index contributed by atoms with van der Waals surface area (Å²) in [6.07, 6.45) is 48.3. The molecule has 1 unspecified atom stereocenters. The van der Waals surface area contributed by atoms with E-state index in [-0.39, 0.29) is 12.8 Å². The van der Waals surface area contributed by atoms with Gasteiger partial charge in [0.1, 0.15) is 12.6 Å². The minimum absolute atomic E-state index is 0.0266. The first kappa shape index (κ1) is 60.3. The number of nitrogens with two attached hydrogens (primary N) is 1. The summed E-state index contributed by atoms with van der Waals surface area (Å²) in [7, 11) is -4.78. The number of aliphatic hydroxyl groups excluding tert-OH is 2. The van der Waals surface area contributed by atoms with Gasteiger partial charge in [-0.05, 0) is 70.6 Å². The predicted octanol–water partition coefficient (Wildman–Crippen LogP) is 10.8. The number of allylic oxidation sites excluding steroid dienone is 12. The fourth-order valence-electron chi connectivity index (χ4n) is 5.77. The molecule has 14 heteroatoms. The van der Waals surface area contributed by atoms with E-state index >= 15 is 0 Å². The van der Waals surface area contributed by atoms with Crippen LogP contribution in [0.15, 0.2) is 97.2 Å². The van der Waals surface area contributed by atoms with Crippen molar-refractivity contribution >= 4 is 25.7 Å². The molecule has 13 nitrogen and oxygen atoms in total. The molecule has 0 saturated carbocycles. The van der Waals surface area contributed by atoms with E-state index < -0.39 is 69.9 Å². The van der Waals surface area contributed by atoms with Crippen molar-refractivity contribution in [3.63, 3.8) is 0 Å². The third kappa shape index (κ3) is 42.3. The Balaban J connectivity index is 4.56. The first-order valence-electron chi connectivity index (χ1n) is 23.5. The van der Waals surface area contributed by atoms with Gasteiger partial charge in [-0.3, -0.25) is 23.4 Å². The molecule has 0 aliphatic rings. The van der Waals surface area contributed by atoms with Crippen molar-refractivity contribution in [2.75, 3.05) is 19.8 Å². The van der Waals surface area contributed by atoms with Crippen LogP contribution in [-0.2, 0) is 37.5 Å². The van der Waals surface area contributed by atoms with E-state index in [0.29, 0.717) is 32.1 Å². The number of phosphoric ester groups is 1. The van der Waals surface area contributed by atoms with Gasteiger partial charge in [-0.25, -0.2) is 4.57 Å². The monoisotopic (exact) mass is 920 g/mol. The van der Waals surface area contributed by atoms with Gasteiger partial charge in [-0.15, -0.1) is 0 Å². The molecule has 64 heavy (non-hydrogen) atoms. The summed E-state index contributed by atoms with van der Waals surface area (Å²) < 4.78 is 32.6. The zero-order valence-corrected chi connectivity index (χ0v) is 39.7. The zero-order valence-electron chi connectivity index (χ0n) is 38.8. The van der Waals surface area contributed by atoms with Crippen molar-refractivity contribution in [1.29, 1.82) is 0 Å². The number of carboxylic acids is 1. The summed E-state index contributed by atoms with van der Waals surface area (Å²) in [5, 5.41) is 28.9. The summed E-state index contributed by atoms with van der Waals surface area (Å²) in [5.41, 5.74) is 5.33. The fourth-order valence-corrected chi connectivity index (χ4v) is 6.54. The average molecular weight is 920 g/mol. The van der Waals surface area contributed by atoms with Crippen molar-refractivity contribution in [3.8, 4) is 0 Å². The number of carbonyl (C=O) groups excluding carboxylic acids is 2. The van der Waals surface area contributed by atoms with Crippen molar-refractivity contribution in [2.24, 2.45) is 5.73 Å². The highest BCUT2D eigenvalue weighted by Gasteiger charge is 2.28. The Kier molecular flexibility index (Phi) is 40.7. The second-order valence-electron chi connectivity index (χ2n) is 15.6. The Morgan fingerprint density at radius 1 is 0.578 bits per heavy atom. The number of hydrogen-bond acceptors (Lipinski definition) is 11. The highest BCUT2D eigenvalue weighted by molar-refractivity contribution is 7.47. The zero-order chi connectivity index (χ0) is 47.4. The standard InChI is InChI=1S/C50H82NO12P/c1-3-5-7-8-9-10-11-12-13-14-15-16-17-18-19-20-21-25-33-39-48(54)60-41-46(42-61-64(58,59)62-43-47(51)50(56)57)63-49(55)40-34-26-23-22-24-30-36-45(53)38-32-28-27-31-37-44(52)35-29-6-4-2/h6,9-10,12-13,23-24,26-32,37-38,44-47,52-53H,3-5,7-8,11,14-22,25,33-36,39-43,51H2,1-2H3,(H,56,57)(H,58,59)/b10-9-,13-12-,26-23-,28-27-,29-6-,30-24-,37-31+,38-32+/t44-,45+,46+,47-/m0/s1. The third-order valence-electron chi connectivity index (χ3n) is 9.50. The van der Waals surface area contributed by atoms with E-state index in [2.05, 4.69) is 35.8 Å². The van der Waals surface area contributed by atoms with Crippen molar-refractivity contribution in [2.45, 2.75) is 179 Å². The lowest BCUT2D eigenvalue weighted by molar-refractivity contribution is -0.161. The van der Waals surface area contributed by atoms with Gasteiger partial charge >= 0.3 is 25.7 Å². The molecule has 0 bridgehead atoms. The molecule has 0 heterocycles. The Labute approximate surface area is 384 Å².